The van der Waals surface area contributed by atoms with Gasteiger partial charge in [0.15, 0.2) is 0 Å². The van der Waals surface area contributed by atoms with E-state index >= 15 is 0 Å². The van der Waals surface area contributed by atoms with Crippen molar-refractivity contribution >= 4 is 28.8 Å². The molecule has 2 aromatic carbocycles. The van der Waals surface area contributed by atoms with Crippen molar-refractivity contribution in [1.82, 2.24) is 4.90 Å². The highest BCUT2D eigenvalue weighted by Crippen LogP contribution is 2.52. The van der Waals surface area contributed by atoms with E-state index in [1.54, 1.807) is 12.1 Å². The second-order valence-corrected chi connectivity index (χ2v) is 8.74. The molecule has 2 bridgehead atoms. The highest BCUT2D eigenvalue weighted by molar-refractivity contribution is 6.08. The summed E-state index contributed by atoms with van der Waals surface area (Å²) in [6.07, 6.45) is 4.84. The fourth-order valence-electron chi connectivity index (χ4n) is 5.48. The van der Waals surface area contributed by atoms with E-state index < -0.39 is 18.1 Å². The summed E-state index contributed by atoms with van der Waals surface area (Å²) in [5.74, 6) is -1.69. The van der Waals surface area contributed by atoms with Crippen molar-refractivity contribution in [3.05, 3.63) is 77.2 Å². The molecule has 2 heterocycles. The quantitative estimate of drug-likeness (QED) is 0.203. The Balaban J connectivity index is 1.23. The van der Waals surface area contributed by atoms with Gasteiger partial charge in [-0.25, -0.2) is 9.59 Å². The lowest BCUT2D eigenvalue weighted by atomic mass is 9.85. The lowest BCUT2D eigenvalue weighted by Gasteiger charge is -2.16. The maximum Gasteiger partial charge on any atom is 0.336 e. The average molecular weight is 441 g/mol. The number of allylic oxidation sites excluding steroid dienone is 2. The molecule has 7 heteroatoms. The first-order valence-electron chi connectivity index (χ1n) is 10.9. The Labute approximate surface area is 188 Å². The zero-order valence-corrected chi connectivity index (χ0v) is 17.5. The normalized spacial score (nSPS) is 25.2. The van der Waals surface area contributed by atoms with Crippen LogP contribution in [0.3, 0.4) is 0 Å². The van der Waals surface area contributed by atoms with Gasteiger partial charge >= 0.3 is 11.6 Å². The Morgan fingerprint density at radius 2 is 1.64 bits per heavy atom. The zero-order valence-electron chi connectivity index (χ0n) is 17.5. The number of imide groups is 1. The molecule has 3 aliphatic rings. The lowest BCUT2D eigenvalue weighted by Crippen LogP contribution is -2.38. The van der Waals surface area contributed by atoms with Crippen LogP contribution in [0.4, 0.5) is 0 Å². The number of carbonyl (C=O) groups excluding carboxylic acids is 3. The first-order chi connectivity index (χ1) is 16.0. The Bertz CT molecular complexity index is 1380. The summed E-state index contributed by atoms with van der Waals surface area (Å²) >= 11 is 0. The summed E-state index contributed by atoms with van der Waals surface area (Å²) < 4.78 is 10.7. The van der Waals surface area contributed by atoms with Gasteiger partial charge in [-0.1, -0.05) is 42.5 Å². The molecule has 0 unspecified atom stereocenters. The van der Waals surface area contributed by atoms with Gasteiger partial charge < -0.3 is 9.15 Å². The summed E-state index contributed by atoms with van der Waals surface area (Å²) in [6, 6.07) is 15.6. The van der Waals surface area contributed by atoms with E-state index in [1.807, 2.05) is 42.5 Å². The summed E-state index contributed by atoms with van der Waals surface area (Å²) in [5.41, 5.74) is 1.33. The molecule has 164 valence electrons. The summed E-state index contributed by atoms with van der Waals surface area (Å²) in [7, 11) is 0. The van der Waals surface area contributed by atoms with E-state index in [-0.39, 0.29) is 46.8 Å². The van der Waals surface area contributed by atoms with E-state index in [0.717, 1.165) is 16.9 Å². The number of rotatable bonds is 4. The van der Waals surface area contributed by atoms with E-state index in [1.165, 1.54) is 12.1 Å². The number of amides is 2. The third-order valence-electron chi connectivity index (χ3n) is 6.88. The summed E-state index contributed by atoms with van der Waals surface area (Å²) in [5, 5.41) is 0.696. The van der Waals surface area contributed by atoms with Gasteiger partial charge in [0.25, 0.3) is 0 Å². The molecule has 6 rings (SSSR count). The van der Waals surface area contributed by atoms with Crippen molar-refractivity contribution in [1.29, 1.82) is 0 Å². The number of hydrogen-bond donors (Lipinski definition) is 0. The van der Waals surface area contributed by atoms with Crippen molar-refractivity contribution in [3.63, 3.8) is 0 Å². The second-order valence-electron chi connectivity index (χ2n) is 8.74. The van der Waals surface area contributed by atoms with E-state index in [0.29, 0.717) is 10.9 Å². The van der Waals surface area contributed by atoms with Crippen LogP contribution in [-0.2, 0) is 14.4 Å². The highest BCUT2D eigenvalue weighted by Gasteiger charge is 2.59. The Morgan fingerprint density at radius 1 is 0.939 bits per heavy atom. The molecule has 0 spiro atoms. The number of esters is 1. The number of hydrogen-bond acceptors (Lipinski definition) is 6. The molecule has 4 atom stereocenters. The Hall–Kier alpha value is -4.00. The minimum absolute atomic E-state index is 0.0830. The predicted octanol–water partition coefficient (Wildman–Crippen LogP) is 3.17. The Morgan fingerprint density at radius 3 is 2.33 bits per heavy atom. The molecule has 1 saturated carbocycles. The topological polar surface area (TPSA) is 93.9 Å². The van der Waals surface area contributed by atoms with Gasteiger partial charge in [0.2, 0.25) is 11.8 Å². The molecule has 0 radical (unpaired) electrons. The van der Waals surface area contributed by atoms with Crippen molar-refractivity contribution in [2.45, 2.75) is 6.42 Å². The van der Waals surface area contributed by atoms with E-state index in [9.17, 15) is 19.2 Å². The van der Waals surface area contributed by atoms with Crippen LogP contribution in [0, 0.1) is 23.7 Å². The first-order valence-corrected chi connectivity index (χ1v) is 10.9. The summed E-state index contributed by atoms with van der Waals surface area (Å²) in [6.45, 7) is -0.434. The van der Waals surface area contributed by atoms with Crippen LogP contribution in [0.1, 0.15) is 6.42 Å². The average Bonchev–Trinajstić information content (AvgIpc) is 3.49. The molecule has 2 aliphatic carbocycles. The third-order valence-corrected chi connectivity index (χ3v) is 6.88. The van der Waals surface area contributed by atoms with Crippen LogP contribution in [0.25, 0.3) is 22.1 Å². The summed E-state index contributed by atoms with van der Waals surface area (Å²) in [4.78, 5) is 51.3. The van der Waals surface area contributed by atoms with Gasteiger partial charge in [0.05, 0.1) is 11.8 Å². The molecular weight excluding hydrogens is 422 g/mol. The number of nitrogens with zero attached hydrogens (tertiary/aromatic N) is 1. The van der Waals surface area contributed by atoms with Crippen molar-refractivity contribution in [3.8, 4) is 16.9 Å². The van der Waals surface area contributed by atoms with Gasteiger partial charge in [-0.2, -0.15) is 0 Å². The smallest absolute Gasteiger partial charge is 0.336 e. The molecule has 2 fully saturated rings. The highest BCUT2D eigenvalue weighted by atomic mass is 16.5. The van der Waals surface area contributed by atoms with E-state index in [4.69, 9.17) is 9.15 Å². The number of likely N-dealkylation sites (tertiary alicyclic amines) is 1. The van der Waals surface area contributed by atoms with Crippen LogP contribution in [0.5, 0.6) is 5.75 Å². The zero-order chi connectivity index (χ0) is 22.7. The molecule has 1 aromatic heterocycles. The van der Waals surface area contributed by atoms with Crippen LogP contribution in [0.2, 0.25) is 0 Å². The van der Waals surface area contributed by atoms with Crippen molar-refractivity contribution < 1.29 is 23.5 Å². The second kappa shape index (κ2) is 7.27. The standard InChI is InChI=1S/C26H19NO6/c28-21-12-19(14-4-2-1-3-5-14)18-9-8-17(11-20(18)33-21)32-22(29)13-27-25(30)23-15-6-7-16(10-15)24(23)26(27)31/h1-9,11-12,15-16,23-24H,10,13H2/t15-,16-,23+,24+/m0/s1. The fraction of sp³-hybridized carbons (Fsp3) is 0.231. The molecule has 1 saturated heterocycles. The molecule has 33 heavy (non-hydrogen) atoms. The van der Waals surface area contributed by atoms with Crippen LogP contribution in [-0.4, -0.2) is 29.2 Å². The Kier molecular flexibility index (Phi) is 4.33. The number of carbonyl (C=O) groups is 3. The minimum atomic E-state index is -0.724. The van der Waals surface area contributed by atoms with Gasteiger partial charge in [0, 0.05) is 17.5 Å². The van der Waals surface area contributed by atoms with Crippen molar-refractivity contribution in [2.75, 3.05) is 6.54 Å². The number of ether oxygens (including phenoxy) is 1. The fourth-order valence-corrected chi connectivity index (χ4v) is 5.48. The largest absolute Gasteiger partial charge is 0.425 e. The first kappa shape index (κ1) is 19.7. The maximum atomic E-state index is 12.8. The third kappa shape index (κ3) is 3.11. The molecule has 0 N–H and O–H groups in total. The van der Waals surface area contributed by atoms with Crippen LogP contribution >= 0.6 is 0 Å². The molecule has 2 amide bonds. The molecule has 7 nitrogen and oxygen atoms in total. The van der Waals surface area contributed by atoms with Crippen molar-refractivity contribution in [2.24, 2.45) is 23.7 Å². The number of fused-ring (bicyclic) bond motifs is 6. The molecule has 3 aromatic rings. The molecular formula is C26H19NO6. The lowest BCUT2D eigenvalue weighted by molar-refractivity contribution is -0.148. The SMILES string of the molecule is O=C(CN1C(=O)[C@H]2[C@H](C1=O)[C@H]1C=C[C@H]2C1)Oc1ccc2c(-c3ccccc3)cc(=O)oc2c1. The van der Waals surface area contributed by atoms with Gasteiger partial charge in [-0.3, -0.25) is 14.5 Å². The predicted molar refractivity (Wildman–Crippen MR) is 118 cm³/mol. The monoisotopic (exact) mass is 441 g/mol. The number of benzene rings is 2. The van der Waals surface area contributed by atoms with Crippen LogP contribution in [0.15, 0.2) is 76.0 Å². The van der Waals surface area contributed by atoms with Gasteiger partial charge in [-0.05, 0) is 41.5 Å². The van der Waals surface area contributed by atoms with Crippen LogP contribution < -0.4 is 10.4 Å². The van der Waals surface area contributed by atoms with Gasteiger partial charge in [-0.15, -0.1) is 0 Å². The maximum absolute atomic E-state index is 12.8. The minimum Gasteiger partial charge on any atom is -0.425 e. The molecule has 1 aliphatic heterocycles. The van der Waals surface area contributed by atoms with E-state index in [2.05, 4.69) is 0 Å². The van der Waals surface area contributed by atoms with Gasteiger partial charge in [0.1, 0.15) is 17.9 Å².